The molecular formula is C16H18ClN3O. The molecule has 0 aromatic carbocycles. The van der Waals surface area contributed by atoms with E-state index in [0.29, 0.717) is 23.0 Å². The molecule has 0 radical (unpaired) electrons. The number of hydrogen-bond acceptors (Lipinski definition) is 3. The van der Waals surface area contributed by atoms with Gasteiger partial charge in [-0.15, -0.1) is 0 Å². The predicted octanol–water partition coefficient (Wildman–Crippen LogP) is 3.42. The average molecular weight is 304 g/mol. The van der Waals surface area contributed by atoms with Gasteiger partial charge >= 0.3 is 0 Å². The van der Waals surface area contributed by atoms with E-state index in [2.05, 4.69) is 15.9 Å². The molecule has 110 valence electrons. The topological polar surface area (TPSA) is 50.9 Å². The van der Waals surface area contributed by atoms with Crippen molar-refractivity contribution in [1.82, 2.24) is 14.8 Å². The molecule has 0 amide bonds. The second kappa shape index (κ2) is 5.11. The van der Waals surface area contributed by atoms with E-state index in [1.165, 1.54) is 12.8 Å². The summed E-state index contributed by atoms with van der Waals surface area (Å²) in [7, 11) is 0. The predicted molar refractivity (Wildman–Crippen MR) is 81.3 cm³/mol. The number of aromatic nitrogens is 3. The quantitative estimate of drug-likeness (QED) is 0.881. The van der Waals surface area contributed by atoms with Crippen molar-refractivity contribution in [2.45, 2.75) is 37.6 Å². The third-order valence-electron chi connectivity index (χ3n) is 4.56. The Kier molecular flexibility index (Phi) is 3.23. The van der Waals surface area contributed by atoms with Crippen LogP contribution in [0, 0.1) is 5.92 Å². The Morgan fingerprint density at radius 1 is 1.29 bits per heavy atom. The maximum Gasteiger partial charge on any atom is 0.129 e. The van der Waals surface area contributed by atoms with Crippen molar-refractivity contribution in [1.29, 1.82) is 0 Å². The van der Waals surface area contributed by atoms with Gasteiger partial charge < -0.3 is 5.11 Å². The highest BCUT2D eigenvalue weighted by Crippen LogP contribution is 2.45. The summed E-state index contributed by atoms with van der Waals surface area (Å²) < 4.78 is 2.08. The van der Waals surface area contributed by atoms with E-state index in [4.69, 9.17) is 21.8 Å². The molecule has 1 N–H and O–H groups in total. The summed E-state index contributed by atoms with van der Waals surface area (Å²) in [6, 6.07) is 6.15. The van der Waals surface area contributed by atoms with E-state index < -0.39 is 0 Å². The molecule has 2 aromatic rings. The number of aliphatic hydroxyl groups is 1. The van der Waals surface area contributed by atoms with Crippen molar-refractivity contribution in [3.05, 3.63) is 35.2 Å². The molecule has 2 fully saturated rings. The molecule has 0 aliphatic heterocycles. The number of aliphatic hydroxyl groups excluding tert-OH is 1. The molecule has 0 saturated heterocycles. The van der Waals surface area contributed by atoms with Gasteiger partial charge in [-0.05, 0) is 43.7 Å². The Morgan fingerprint density at radius 3 is 2.76 bits per heavy atom. The molecule has 4 rings (SSSR count). The van der Waals surface area contributed by atoms with Crippen LogP contribution in [0.2, 0.25) is 5.15 Å². The molecule has 0 spiro atoms. The van der Waals surface area contributed by atoms with Crippen molar-refractivity contribution >= 4 is 11.6 Å². The summed E-state index contributed by atoms with van der Waals surface area (Å²) in [5.41, 5.74) is 3.19. The Balaban J connectivity index is 1.68. The van der Waals surface area contributed by atoms with Crippen molar-refractivity contribution < 1.29 is 5.11 Å². The van der Waals surface area contributed by atoms with Crippen LogP contribution in [0.4, 0.5) is 0 Å². The lowest BCUT2D eigenvalue weighted by molar-refractivity contribution is 0.105. The molecule has 0 bridgehead atoms. The third kappa shape index (κ3) is 2.47. The lowest BCUT2D eigenvalue weighted by Gasteiger charge is -2.34. The molecule has 5 heteroatoms. The van der Waals surface area contributed by atoms with E-state index in [1.54, 1.807) is 6.07 Å². The molecule has 2 aliphatic carbocycles. The van der Waals surface area contributed by atoms with E-state index in [0.717, 1.165) is 29.8 Å². The van der Waals surface area contributed by atoms with Crippen LogP contribution in [-0.2, 0) is 0 Å². The molecule has 0 atom stereocenters. The van der Waals surface area contributed by atoms with Gasteiger partial charge in [0.25, 0.3) is 0 Å². The first-order valence-electron chi connectivity index (χ1n) is 7.57. The highest BCUT2D eigenvalue weighted by Gasteiger charge is 2.34. The maximum absolute atomic E-state index is 9.16. The van der Waals surface area contributed by atoms with Crippen molar-refractivity contribution in [2.24, 2.45) is 5.92 Å². The highest BCUT2D eigenvalue weighted by atomic mass is 35.5. The van der Waals surface area contributed by atoms with Crippen LogP contribution in [0.1, 0.15) is 43.3 Å². The molecule has 2 aliphatic rings. The zero-order chi connectivity index (χ0) is 14.4. The zero-order valence-electron chi connectivity index (χ0n) is 11.7. The molecule has 2 heterocycles. The van der Waals surface area contributed by atoms with Gasteiger partial charge in [0, 0.05) is 24.3 Å². The van der Waals surface area contributed by atoms with Crippen molar-refractivity contribution in [3.63, 3.8) is 0 Å². The molecule has 4 nitrogen and oxygen atoms in total. The second-order valence-electron chi connectivity index (χ2n) is 6.20. The first-order valence-corrected chi connectivity index (χ1v) is 7.95. The summed E-state index contributed by atoms with van der Waals surface area (Å²) >= 11 is 6.02. The monoisotopic (exact) mass is 303 g/mol. The smallest absolute Gasteiger partial charge is 0.129 e. The summed E-state index contributed by atoms with van der Waals surface area (Å²) in [6.45, 7) is 0.288. The molecular weight excluding hydrogens is 286 g/mol. The van der Waals surface area contributed by atoms with E-state index in [9.17, 15) is 0 Å². The third-order valence-corrected chi connectivity index (χ3v) is 4.77. The van der Waals surface area contributed by atoms with Gasteiger partial charge in [0.1, 0.15) is 5.15 Å². The Labute approximate surface area is 128 Å². The van der Waals surface area contributed by atoms with Gasteiger partial charge in [0.2, 0.25) is 0 Å². The number of halogens is 1. The summed E-state index contributed by atoms with van der Waals surface area (Å²) in [4.78, 5) is 4.43. The van der Waals surface area contributed by atoms with Gasteiger partial charge in [-0.3, -0.25) is 4.68 Å². The number of rotatable bonds is 4. The van der Waals surface area contributed by atoms with Gasteiger partial charge in [0.05, 0.1) is 17.4 Å². The number of pyridine rings is 1. The van der Waals surface area contributed by atoms with E-state index in [-0.39, 0.29) is 6.61 Å². The average Bonchev–Trinajstić information content (AvgIpc) is 3.18. The minimum atomic E-state index is 0.288. The minimum absolute atomic E-state index is 0.288. The highest BCUT2D eigenvalue weighted by molar-refractivity contribution is 6.29. The van der Waals surface area contributed by atoms with Gasteiger partial charge in [-0.25, -0.2) is 4.98 Å². The molecule has 21 heavy (non-hydrogen) atoms. The fraction of sp³-hybridized carbons (Fsp3) is 0.500. The summed E-state index contributed by atoms with van der Waals surface area (Å²) in [6.07, 6.45) is 6.59. The van der Waals surface area contributed by atoms with Crippen LogP contribution < -0.4 is 0 Å². The van der Waals surface area contributed by atoms with Crippen LogP contribution in [-0.4, -0.2) is 26.5 Å². The van der Waals surface area contributed by atoms with Gasteiger partial charge in [-0.2, -0.15) is 5.10 Å². The first-order chi connectivity index (χ1) is 10.2. The Bertz CT molecular complexity index is 659. The van der Waals surface area contributed by atoms with Gasteiger partial charge in [0.15, 0.2) is 0 Å². The van der Waals surface area contributed by atoms with Crippen LogP contribution in [0.3, 0.4) is 0 Å². The summed E-state index contributed by atoms with van der Waals surface area (Å²) in [5, 5.41) is 14.5. The molecule has 2 saturated carbocycles. The van der Waals surface area contributed by atoms with Crippen LogP contribution in [0.25, 0.3) is 11.3 Å². The minimum Gasteiger partial charge on any atom is -0.396 e. The molecule has 0 unspecified atom stereocenters. The normalized spacial score (nSPS) is 24.9. The standard InChI is InChI=1S/C16H18ClN3O/c17-15-3-1-2-14(18-15)13-8-20(12-6-10(7-12)9-21)19-16(13)11-4-5-11/h1-3,8,10-12,21H,4-7,9H2. The van der Waals surface area contributed by atoms with Crippen molar-refractivity contribution in [3.8, 4) is 11.3 Å². The second-order valence-corrected chi connectivity index (χ2v) is 6.59. The fourth-order valence-corrected chi connectivity index (χ4v) is 3.24. The van der Waals surface area contributed by atoms with Crippen molar-refractivity contribution in [2.75, 3.05) is 6.61 Å². The largest absolute Gasteiger partial charge is 0.396 e. The summed E-state index contributed by atoms with van der Waals surface area (Å²) in [5.74, 6) is 1.02. The van der Waals surface area contributed by atoms with E-state index in [1.807, 2.05) is 12.1 Å². The van der Waals surface area contributed by atoms with Gasteiger partial charge in [-0.1, -0.05) is 17.7 Å². The molecule has 2 aromatic heterocycles. The van der Waals surface area contributed by atoms with E-state index >= 15 is 0 Å². The number of hydrogen-bond donors (Lipinski definition) is 1. The Morgan fingerprint density at radius 2 is 2.10 bits per heavy atom. The lowest BCUT2D eigenvalue weighted by Crippen LogP contribution is -2.29. The first kappa shape index (κ1) is 13.3. The maximum atomic E-state index is 9.16. The van der Waals surface area contributed by atoms with Crippen LogP contribution >= 0.6 is 11.6 Å². The SMILES string of the molecule is OCC1CC(n2cc(-c3cccc(Cl)n3)c(C3CC3)n2)C1. The zero-order valence-corrected chi connectivity index (χ0v) is 12.5. The Hall–Kier alpha value is -1.39. The van der Waals surface area contributed by atoms with Crippen LogP contribution in [0.5, 0.6) is 0 Å². The number of nitrogens with zero attached hydrogens (tertiary/aromatic N) is 3. The fourth-order valence-electron chi connectivity index (χ4n) is 3.07. The van der Waals surface area contributed by atoms with Crippen LogP contribution in [0.15, 0.2) is 24.4 Å². The lowest BCUT2D eigenvalue weighted by atomic mass is 9.81.